The van der Waals surface area contributed by atoms with Crippen molar-refractivity contribution in [1.82, 2.24) is 4.57 Å². The first kappa shape index (κ1) is 34.8. The molecule has 1 aromatic heterocycles. The Kier molecular flexibility index (Phi) is 8.45. The molecule has 1 unspecified atom stereocenters. The van der Waals surface area contributed by atoms with Crippen LogP contribution >= 0.6 is 0 Å². The van der Waals surface area contributed by atoms with Crippen LogP contribution in [0, 0.1) is 0 Å². The maximum Gasteiger partial charge on any atom is 0.0541 e. The van der Waals surface area contributed by atoms with Crippen molar-refractivity contribution < 1.29 is 0 Å². The Bertz CT molecular complexity index is 2910. The summed E-state index contributed by atoms with van der Waals surface area (Å²) in [6, 6.07) is 69.5. The molecule has 0 bridgehead atoms. The van der Waals surface area contributed by atoms with E-state index in [1.807, 2.05) is 0 Å². The van der Waals surface area contributed by atoms with Gasteiger partial charge in [-0.1, -0.05) is 149 Å². The van der Waals surface area contributed by atoms with Crippen LogP contribution in [0.5, 0.6) is 0 Å². The normalized spacial score (nSPS) is 13.4. The van der Waals surface area contributed by atoms with Crippen LogP contribution in [0.3, 0.4) is 0 Å². The lowest BCUT2D eigenvalue weighted by Crippen LogP contribution is -2.16. The van der Waals surface area contributed by atoms with Gasteiger partial charge in [0.2, 0.25) is 0 Å². The number of anilines is 3. The summed E-state index contributed by atoms with van der Waals surface area (Å²) in [7, 11) is 0. The molecule has 276 valence electrons. The number of benzene rings is 8. The number of para-hydroxylation sites is 1. The summed E-state index contributed by atoms with van der Waals surface area (Å²) in [4.78, 5) is 2.40. The molecule has 0 amide bonds. The minimum Gasteiger partial charge on any atom is -0.310 e. The lowest BCUT2D eigenvalue weighted by molar-refractivity contribution is 0.660. The van der Waals surface area contributed by atoms with Crippen LogP contribution in [0.4, 0.5) is 17.1 Å². The van der Waals surface area contributed by atoms with Gasteiger partial charge in [-0.05, 0) is 129 Å². The highest BCUT2D eigenvalue weighted by Gasteiger charge is 2.35. The summed E-state index contributed by atoms with van der Waals surface area (Å²) in [6.45, 7) is 9.29. The maximum atomic E-state index is 2.43. The van der Waals surface area contributed by atoms with Crippen LogP contribution in [-0.4, -0.2) is 4.57 Å². The van der Waals surface area contributed by atoms with Crippen molar-refractivity contribution in [2.45, 2.75) is 45.4 Å². The summed E-state index contributed by atoms with van der Waals surface area (Å²) in [5.74, 6) is 0.517. The van der Waals surface area contributed by atoms with Crippen LogP contribution in [0.1, 0.15) is 56.7 Å². The van der Waals surface area contributed by atoms with Crippen LogP contribution in [-0.2, 0) is 5.41 Å². The highest BCUT2D eigenvalue weighted by Crippen LogP contribution is 2.50. The average Bonchev–Trinajstić information content (AvgIpc) is 3.72. The standard InChI is InChI=1S/C55H46N2/c1-5-37(2)41-16-13-17-45(34-41)57-53-21-12-10-19-49(53)50-35-42(26-33-54(50)57)40-24-29-44(30-25-40)56(43-27-22-39(23-28-43)38-14-7-6-8-15-38)46-31-32-48-47-18-9-11-20-51(47)55(3,4)52(48)36-46/h6-37H,5H2,1-4H3. The monoisotopic (exact) mass is 734 g/mol. The zero-order valence-corrected chi connectivity index (χ0v) is 33.1. The van der Waals surface area contributed by atoms with E-state index < -0.39 is 0 Å². The molecule has 8 aromatic carbocycles. The second kappa shape index (κ2) is 13.8. The van der Waals surface area contributed by atoms with Crippen molar-refractivity contribution in [3.05, 3.63) is 205 Å². The number of fused-ring (bicyclic) bond motifs is 6. The van der Waals surface area contributed by atoms with E-state index >= 15 is 0 Å². The fourth-order valence-electron chi connectivity index (χ4n) is 9.15. The third kappa shape index (κ3) is 5.87. The molecule has 0 radical (unpaired) electrons. The molecule has 0 saturated carbocycles. The Morgan fingerprint density at radius 1 is 0.474 bits per heavy atom. The fourth-order valence-corrected chi connectivity index (χ4v) is 9.15. The highest BCUT2D eigenvalue weighted by molar-refractivity contribution is 6.10. The van der Waals surface area contributed by atoms with Crippen LogP contribution in [0.2, 0.25) is 0 Å². The summed E-state index contributed by atoms with van der Waals surface area (Å²) >= 11 is 0. The Hall–Kier alpha value is -6.64. The van der Waals surface area contributed by atoms with E-state index in [2.05, 4.69) is 225 Å². The topological polar surface area (TPSA) is 8.17 Å². The maximum absolute atomic E-state index is 2.43. The first-order valence-corrected chi connectivity index (χ1v) is 20.3. The van der Waals surface area contributed by atoms with E-state index in [9.17, 15) is 0 Å². The van der Waals surface area contributed by atoms with Gasteiger partial charge in [-0.2, -0.15) is 0 Å². The molecule has 0 aliphatic heterocycles. The van der Waals surface area contributed by atoms with Gasteiger partial charge in [0, 0.05) is 38.9 Å². The Morgan fingerprint density at radius 2 is 1.07 bits per heavy atom. The molecule has 10 rings (SSSR count). The number of hydrogen-bond acceptors (Lipinski definition) is 1. The van der Waals surface area contributed by atoms with Gasteiger partial charge in [-0.25, -0.2) is 0 Å². The summed E-state index contributed by atoms with van der Waals surface area (Å²) in [6.07, 6.45) is 1.12. The second-order valence-corrected chi connectivity index (χ2v) is 16.2. The predicted octanol–water partition coefficient (Wildman–Crippen LogP) is 15.4. The number of hydrogen-bond donors (Lipinski definition) is 0. The van der Waals surface area contributed by atoms with Gasteiger partial charge in [0.25, 0.3) is 0 Å². The van der Waals surface area contributed by atoms with Gasteiger partial charge < -0.3 is 9.47 Å². The molecule has 0 saturated heterocycles. The second-order valence-electron chi connectivity index (χ2n) is 16.2. The molecule has 0 spiro atoms. The molecule has 1 aliphatic carbocycles. The number of rotatable bonds is 8. The minimum atomic E-state index is -0.0901. The van der Waals surface area contributed by atoms with Crippen molar-refractivity contribution in [1.29, 1.82) is 0 Å². The Labute approximate surface area is 336 Å². The van der Waals surface area contributed by atoms with E-state index in [0.717, 1.165) is 23.5 Å². The van der Waals surface area contributed by atoms with E-state index in [4.69, 9.17) is 0 Å². The van der Waals surface area contributed by atoms with Crippen LogP contribution in [0.15, 0.2) is 188 Å². The molecule has 1 heterocycles. The quantitative estimate of drug-likeness (QED) is 0.151. The molecule has 2 nitrogen and oxygen atoms in total. The third-order valence-electron chi connectivity index (χ3n) is 12.5. The van der Waals surface area contributed by atoms with E-state index in [1.165, 1.54) is 77.6 Å². The van der Waals surface area contributed by atoms with Crippen LogP contribution < -0.4 is 4.90 Å². The zero-order valence-electron chi connectivity index (χ0n) is 33.1. The van der Waals surface area contributed by atoms with Crippen molar-refractivity contribution in [2.24, 2.45) is 0 Å². The van der Waals surface area contributed by atoms with E-state index in [1.54, 1.807) is 0 Å². The van der Waals surface area contributed by atoms with Gasteiger partial charge in [0.05, 0.1) is 11.0 Å². The largest absolute Gasteiger partial charge is 0.310 e. The number of aromatic nitrogens is 1. The Morgan fingerprint density at radius 3 is 1.82 bits per heavy atom. The summed E-state index contributed by atoms with van der Waals surface area (Å²) in [5, 5.41) is 2.54. The summed E-state index contributed by atoms with van der Waals surface area (Å²) in [5.41, 5.74) is 18.6. The molecule has 2 heteroatoms. The van der Waals surface area contributed by atoms with Gasteiger partial charge in [-0.3, -0.25) is 0 Å². The lowest BCUT2D eigenvalue weighted by Gasteiger charge is -2.28. The molecular formula is C55H46N2. The van der Waals surface area contributed by atoms with E-state index in [0.29, 0.717) is 5.92 Å². The molecule has 1 atom stereocenters. The van der Waals surface area contributed by atoms with Gasteiger partial charge in [-0.15, -0.1) is 0 Å². The zero-order chi connectivity index (χ0) is 38.7. The number of nitrogens with zero attached hydrogens (tertiary/aromatic N) is 2. The van der Waals surface area contributed by atoms with Crippen molar-refractivity contribution in [3.63, 3.8) is 0 Å². The fraction of sp³-hybridized carbons (Fsp3) is 0.127. The Balaban J connectivity index is 1.06. The first-order chi connectivity index (χ1) is 27.9. The van der Waals surface area contributed by atoms with E-state index in [-0.39, 0.29) is 5.41 Å². The highest BCUT2D eigenvalue weighted by atomic mass is 15.1. The third-order valence-corrected chi connectivity index (χ3v) is 12.5. The molecule has 9 aromatic rings. The van der Waals surface area contributed by atoms with Crippen molar-refractivity contribution in [2.75, 3.05) is 4.90 Å². The molecule has 1 aliphatic rings. The van der Waals surface area contributed by atoms with Crippen LogP contribution in [0.25, 0.3) is 60.9 Å². The van der Waals surface area contributed by atoms with Crippen molar-refractivity contribution >= 4 is 38.9 Å². The smallest absolute Gasteiger partial charge is 0.0541 e. The molecule has 0 N–H and O–H groups in total. The molecule has 0 fully saturated rings. The first-order valence-electron chi connectivity index (χ1n) is 20.3. The van der Waals surface area contributed by atoms with Gasteiger partial charge >= 0.3 is 0 Å². The minimum absolute atomic E-state index is 0.0901. The summed E-state index contributed by atoms with van der Waals surface area (Å²) < 4.78 is 2.43. The molecule has 57 heavy (non-hydrogen) atoms. The van der Waals surface area contributed by atoms with Gasteiger partial charge in [0.1, 0.15) is 0 Å². The molecular weight excluding hydrogens is 689 g/mol. The lowest BCUT2D eigenvalue weighted by atomic mass is 9.82. The average molecular weight is 735 g/mol. The predicted molar refractivity (Wildman–Crippen MR) is 243 cm³/mol. The SMILES string of the molecule is CCC(C)c1cccc(-n2c3ccccc3c3cc(-c4ccc(N(c5ccc(-c6ccccc6)cc5)c5ccc6c(c5)C(C)(C)c5ccccc5-6)cc4)ccc32)c1. The van der Waals surface area contributed by atoms with Gasteiger partial charge in [0.15, 0.2) is 0 Å². The van der Waals surface area contributed by atoms with Crippen molar-refractivity contribution in [3.8, 4) is 39.1 Å².